The van der Waals surface area contributed by atoms with E-state index in [1.165, 1.54) is 4.90 Å². The molecule has 116 valence electrons. The number of ether oxygens (including phenoxy) is 1. The summed E-state index contributed by atoms with van der Waals surface area (Å²) < 4.78 is 5.67. The van der Waals surface area contributed by atoms with E-state index in [0.717, 1.165) is 29.0 Å². The van der Waals surface area contributed by atoms with Gasteiger partial charge in [-0.15, -0.1) is 0 Å². The van der Waals surface area contributed by atoms with Gasteiger partial charge in [0.15, 0.2) is 0 Å². The first-order chi connectivity index (χ1) is 10.5. The predicted molar refractivity (Wildman–Crippen MR) is 84.1 cm³/mol. The van der Waals surface area contributed by atoms with Crippen molar-refractivity contribution in [2.24, 2.45) is 0 Å². The number of carbonyl (C=O) groups is 1. The highest BCUT2D eigenvalue weighted by Gasteiger charge is 2.05. The van der Waals surface area contributed by atoms with Gasteiger partial charge in [0.1, 0.15) is 18.9 Å². The van der Waals surface area contributed by atoms with Crippen molar-refractivity contribution in [1.82, 2.24) is 0 Å². The lowest BCUT2D eigenvalue weighted by molar-refractivity contribution is -0.858. The largest absolute Gasteiger partial charge is 0.545 e. The van der Waals surface area contributed by atoms with Gasteiger partial charge in [0.05, 0.1) is 20.1 Å². The third-order valence-electron chi connectivity index (χ3n) is 3.51. The number of quaternary nitrogens is 1. The average molecular weight is 299 g/mol. The maximum absolute atomic E-state index is 11.0. The van der Waals surface area contributed by atoms with Gasteiger partial charge in [-0.25, -0.2) is 0 Å². The predicted octanol–water partition coefficient (Wildman–Crippen LogP) is 0.549. The zero-order valence-corrected chi connectivity index (χ0v) is 13.2. The number of nitrogens with one attached hydrogen (secondary N) is 1. The van der Waals surface area contributed by atoms with Crippen LogP contribution in [-0.4, -0.2) is 33.2 Å². The number of carbonyl (C=O) groups excluding carboxylic acids is 1. The van der Waals surface area contributed by atoms with Crippen LogP contribution in [0, 0.1) is 6.92 Å². The van der Waals surface area contributed by atoms with E-state index in [0.29, 0.717) is 6.61 Å². The lowest BCUT2D eigenvalue weighted by Gasteiger charge is -2.12. The number of likely N-dealkylation sites (N-methyl/N-ethyl adjacent to an activating group) is 1. The van der Waals surface area contributed by atoms with E-state index in [-0.39, 0.29) is 5.56 Å². The first-order valence-corrected chi connectivity index (χ1v) is 7.31. The van der Waals surface area contributed by atoms with Crippen molar-refractivity contribution < 1.29 is 19.5 Å². The zero-order chi connectivity index (χ0) is 16.1. The Morgan fingerprint density at radius 2 is 1.82 bits per heavy atom. The Balaban J connectivity index is 2.16. The molecule has 0 radical (unpaired) electrons. The smallest absolute Gasteiger partial charge is 0.137 e. The molecule has 0 unspecified atom stereocenters. The summed E-state index contributed by atoms with van der Waals surface area (Å²) >= 11 is 0. The van der Waals surface area contributed by atoms with Crippen LogP contribution in [0.4, 0.5) is 0 Å². The molecule has 0 bridgehead atoms. The summed E-state index contributed by atoms with van der Waals surface area (Å²) in [5.41, 5.74) is 3.07. The Labute approximate surface area is 131 Å². The Hall–Kier alpha value is -2.33. The fourth-order valence-electron chi connectivity index (χ4n) is 2.16. The molecule has 4 heteroatoms. The van der Waals surface area contributed by atoms with Crippen LogP contribution in [0.15, 0.2) is 42.5 Å². The Bertz CT molecular complexity index is 648. The number of aryl methyl sites for hydroxylation is 1. The van der Waals surface area contributed by atoms with Gasteiger partial charge >= 0.3 is 0 Å². The Morgan fingerprint density at radius 1 is 1.14 bits per heavy atom. The molecule has 0 amide bonds. The molecule has 0 heterocycles. The van der Waals surface area contributed by atoms with Crippen LogP contribution < -0.4 is 14.7 Å². The molecule has 0 saturated heterocycles. The molecule has 0 aliphatic rings. The van der Waals surface area contributed by atoms with Gasteiger partial charge in [0, 0.05) is 0 Å². The van der Waals surface area contributed by atoms with Crippen LogP contribution in [0.5, 0.6) is 5.75 Å². The molecule has 4 nitrogen and oxygen atoms in total. The number of hydrogen-bond donors (Lipinski definition) is 1. The molecular formula is C18H21NO3. The van der Waals surface area contributed by atoms with Crippen molar-refractivity contribution in [3.05, 3.63) is 53.6 Å². The summed E-state index contributed by atoms with van der Waals surface area (Å²) in [5, 5.41) is 11.0. The van der Waals surface area contributed by atoms with Crippen molar-refractivity contribution in [2.75, 3.05) is 27.2 Å². The molecular weight excluding hydrogens is 278 g/mol. The fourth-order valence-corrected chi connectivity index (χ4v) is 2.16. The lowest BCUT2D eigenvalue weighted by Crippen LogP contribution is -3.06. The molecule has 0 aliphatic heterocycles. The minimum Gasteiger partial charge on any atom is -0.545 e. The van der Waals surface area contributed by atoms with Crippen LogP contribution in [0.2, 0.25) is 0 Å². The van der Waals surface area contributed by atoms with Crippen LogP contribution in [0.25, 0.3) is 11.1 Å². The summed E-state index contributed by atoms with van der Waals surface area (Å²) in [6, 6.07) is 12.7. The van der Waals surface area contributed by atoms with Gasteiger partial charge in [-0.2, -0.15) is 0 Å². The number of hydrogen-bond acceptors (Lipinski definition) is 3. The van der Waals surface area contributed by atoms with Crippen LogP contribution in [0.1, 0.15) is 15.9 Å². The van der Waals surface area contributed by atoms with Gasteiger partial charge in [0.2, 0.25) is 0 Å². The van der Waals surface area contributed by atoms with Crippen molar-refractivity contribution >= 4 is 5.97 Å². The molecule has 0 fully saturated rings. The molecule has 0 aromatic heterocycles. The Kier molecular flexibility index (Phi) is 5.17. The fraction of sp³-hybridized carbons (Fsp3) is 0.278. The molecule has 0 spiro atoms. The average Bonchev–Trinajstić information content (AvgIpc) is 2.48. The van der Waals surface area contributed by atoms with E-state index in [1.54, 1.807) is 18.2 Å². The third kappa shape index (κ3) is 4.09. The second-order valence-electron chi connectivity index (χ2n) is 5.65. The standard InChI is InChI=1S/C18H21NO3/c1-13-4-5-15(18(20)21)12-17(13)14-6-8-16(9-7-14)22-11-10-19(2)3/h4-9,12H,10-11H2,1-3H3,(H,20,21). The number of carboxylic acid groups (broad SMARTS) is 1. The number of benzene rings is 2. The van der Waals surface area contributed by atoms with Gasteiger partial charge in [-0.05, 0) is 47.4 Å². The van der Waals surface area contributed by atoms with E-state index < -0.39 is 5.97 Å². The molecule has 2 aromatic rings. The molecule has 0 atom stereocenters. The maximum atomic E-state index is 11.0. The highest BCUT2D eigenvalue weighted by Crippen LogP contribution is 2.26. The van der Waals surface area contributed by atoms with Gasteiger partial charge in [-0.3, -0.25) is 0 Å². The second kappa shape index (κ2) is 7.09. The highest BCUT2D eigenvalue weighted by molar-refractivity contribution is 5.88. The molecule has 0 saturated carbocycles. The van der Waals surface area contributed by atoms with Crippen LogP contribution in [0.3, 0.4) is 0 Å². The summed E-state index contributed by atoms with van der Waals surface area (Å²) in [4.78, 5) is 12.3. The van der Waals surface area contributed by atoms with Gasteiger partial charge in [0.25, 0.3) is 0 Å². The number of carboxylic acids is 1. The monoisotopic (exact) mass is 299 g/mol. The van der Waals surface area contributed by atoms with Crippen molar-refractivity contribution in [3.63, 3.8) is 0 Å². The minimum atomic E-state index is -1.16. The second-order valence-corrected chi connectivity index (χ2v) is 5.65. The van der Waals surface area contributed by atoms with Crippen molar-refractivity contribution in [2.45, 2.75) is 6.92 Å². The molecule has 0 aliphatic carbocycles. The summed E-state index contributed by atoms with van der Waals surface area (Å²) in [7, 11) is 4.17. The lowest BCUT2D eigenvalue weighted by atomic mass is 9.98. The number of aromatic carboxylic acids is 1. The molecule has 2 rings (SSSR count). The van der Waals surface area contributed by atoms with E-state index in [1.807, 2.05) is 31.2 Å². The minimum absolute atomic E-state index is 0.190. The third-order valence-corrected chi connectivity index (χ3v) is 3.51. The Morgan fingerprint density at radius 3 is 2.41 bits per heavy atom. The molecule has 1 N–H and O–H groups in total. The van der Waals surface area contributed by atoms with Gasteiger partial charge in [-0.1, -0.05) is 24.3 Å². The number of rotatable bonds is 6. The topological polar surface area (TPSA) is 53.8 Å². The first kappa shape index (κ1) is 16.0. The first-order valence-electron chi connectivity index (χ1n) is 7.31. The maximum Gasteiger partial charge on any atom is 0.137 e. The van der Waals surface area contributed by atoms with E-state index in [9.17, 15) is 9.90 Å². The SMILES string of the molecule is Cc1ccc(C(=O)[O-])cc1-c1ccc(OCC[NH+](C)C)cc1. The van der Waals surface area contributed by atoms with E-state index in [4.69, 9.17) is 4.74 Å². The zero-order valence-electron chi connectivity index (χ0n) is 13.2. The summed E-state index contributed by atoms with van der Waals surface area (Å²) in [6.07, 6.45) is 0. The quantitative estimate of drug-likeness (QED) is 0.847. The van der Waals surface area contributed by atoms with Crippen LogP contribution in [-0.2, 0) is 0 Å². The molecule has 22 heavy (non-hydrogen) atoms. The molecule has 2 aromatic carbocycles. The normalized spacial score (nSPS) is 10.7. The summed E-state index contributed by atoms with van der Waals surface area (Å²) in [6.45, 7) is 3.56. The van der Waals surface area contributed by atoms with E-state index in [2.05, 4.69) is 14.1 Å². The van der Waals surface area contributed by atoms with Gasteiger partial charge < -0.3 is 19.5 Å². The van der Waals surface area contributed by atoms with Crippen LogP contribution >= 0.6 is 0 Å². The summed E-state index contributed by atoms with van der Waals surface area (Å²) in [5.74, 6) is -0.342. The van der Waals surface area contributed by atoms with E-state index >= 15 is 0 Å². The highest BCUT2D eigenvalue weighted by atomic mass is 16.5. The van der Waals surface area contributed by atoms with Crippen molar-refractivity contribution in [1.29, 1.82) is 0 Å². The van der Waals surface area contributed by atoms with Crippen molar-refractivity contribution in [3.8, 4) is 16.9 Å².